The summed E-state index contributed by atoms with van der Waals surface area (Å²) in [4.78, 5) is 13.4. The summed E-state index contributed by atoms with van der Waals surface area (Å²) >= 11 is 0. The van der Waals surface area contributed by atoms with Crippen molar-refractivity contribution in [1.82, 2.24) is 0 Å². The number of rotatable bonds is 2. The summed E-state index contributed by atoms with van der Waals surface area (Å²) in [7, 11) is 0. The zero-order valence-electron chi connectivity index (χ0n) is 9.52. The predicted molar refractivity (Wildman–Crippen MR) is 63.7 cm³/mol. The van der Waals surface area contributed by atoms with Crippen LogP contribution < -0.4 is 4.90 Å². The maximum atomic E-state index is 11.4. The summed E-state index contributed by atoms with van der Waals surface area (Å²) < 4.78 is 0. The molecule has 86 valence electrons. The van der Waals surface area contributed by atoms with Gasteiger partial charge in [0.2, 0.25) is 0 Å². The summed E-state index contributed by atoms with van der Waals surface area (Å²) in [5.74, 6) is -0.726. The molecule has 0 aromatic heterocycles. The van der Waals surface area contributed by atoms with Gasteiger partial charge in [0.05, 0.1) is 0 Å². The maximum Gasteiger partial charge on any atom is 0.329 e. The van der Waals surface area contributed by atoms with Crippen LogP contribution in [0.25, 0.3) is 0 Å². The molecule has 1 fully saturated rings. The average molecular weight is 219 g/mol. The molecule has 0 spiro atoms. The third-order valence-corrected chi connectivity index (χ3v) is 3.42. The lowest BCUT2D eigenvalue weighted by molar-refractivity contribution is -0.143. The fraction of sp³-hybridized carbons (Fsp3) is 0.462. The van der Waals surface area contributed by atoms with Crippen molar-refractivity contribution in [1.29, 1.82) is 0 Å². The van der Waals surface area contributed by atoms with Crippen molar-refractivity contribution in [2.24, 2.45) is 0 Å². The van der Waals surface area contributed by atoms with Gasteiger partial charge in [-0.05, 0) is 38.3 Å². The van der Waals surface area contributed by atoms with Crippen LogP contribution in [0.4, 0.5) is 5.69 Å². The largest absolute Gasteiger partial charge is 0.480 e. The molecule has 1 unspecified atom stereocenters. The molecule has 0 radical (unpaired) electrons. The fourth-order valence-electron chi connectivity index (χ4n) is 2.37. The minimum Gasteiger partial charge on any atom is -0.480 e. The van der Waals surface area contributed by atoms with Gasteiger partial charge in [-0.25, -0.2) is 4.79 Å². The van der Waals surface area contributed by atoms with Crippen molar-refractivity contribution >= 4 is 11.7 Å². The number of hydrogen-bond donors (Lipinski definition) is 1. The van der Waals surface area contributed by atoms with Gasteiger partial charge in [0.1, 0.15) is 5.54 Å². The first-order valence-corrected chi connectivity index (χ1v) is 5.71. The molecule has 1 aromatic rings. The maximum absolute atomic E-state index is 11.4. The summed E-state index contributed by atoms with van der Waals surface area (Å²) in [6, 6.07) is 9.81. The van der Waals surface area contributed by atoms with Crippen LogP contribution in [-0.2, 0) is 4.79 Å². The van der Waals surface area contributed by atoms with Crippen LogP contribution >= 0.6 is 0 Å². The number of carboxylic acid groups (broad SMARTS) is 1. The molecule has 0 saturated carbocycles. The molecule has 1 saturated heterocycles. The van der Waals surface area contributed by atoms with Gasteiger partial charge in [-0.1, -0.05) is 18.2 Å². The Kier molecular flexibility index (Phi) is 2.86. The molecule has 1 atom stereocenters. The minimum atomic E-state index is -0.750. The Hall–Kier alpha value is -1.51. The van der Waals surface area contributed by atoms with E-state index in [1.165, 1.54) is 0 Å². The fourth-order valence-corrected chi connectivity index (χ4v) is 2.37. The molecule has 2 rings (SSSR count). The zero-order valence-corrected chi connectivity index (χ0v) is 9.52. The summed E-state index contributed by atoms with van der Waals surface area (Å²) in [5, 5.41) is 9.39. The molecule has 0 bridgehead atoms. The lowest BCUT2D eigenvalue weighted by atomic mass is 9.88. The first kappa shape index (κ1) is 11.0. The van der Waals surface area contributed by atoms with E-state index >= 15 is 0 Å². The van der Waals surface area contributed by atoms with Crippen molar-refractivity contribution in [2.75, 3.05) is 11.4 Å². The summed E-state index contributed by atoms with van der Waals surface area (Å²) in [6.07, 6.45) is 2.78. The van der Waals surface area contributed by atoms with Gasteiger partial charge in [-0.2, -0.15) is 0 Å². The van der Waals surface area contributed by atoms with Crippen molar-refractivity contribution in [3.63, 3.8) is 0 Å². The van der Waals surface area contributed by atoms with E-state index < -0.39 is 11.5 Å². The minimum absolute atomic E-state index is 0.719. The first-order chi connectivity index (χ1) is 7.64. The molecule has 3 nitrogen and oxygen atoms in total. The molecule has 3 heteroatoms. The molecule has 1 heterocycles. The number of carbonyl (C=O) groups is 1. The number of aliphatic carboxylic acids is 1. The van der Waals surface area contributed by atoms with Crippen molar-refractivity contribution in [3.8, 4) is 0 Å². The number of benzene rings is 1. The van der Waals surface area contributed by atoms with Crippen LogP contribution in [0.5, 0.6) is 0 Å². The van der Waals surface area contributed by atoms with E-state index in [1.54, 1.807) is 0 Å². The molecule has 1 aliphatic heterocycles. The van der Waals surface area contributed by atoms with Crippen LogP contribution in [0, 0.1) is 0 Å². The number of hydrogen-bond acceptors (Lipinski definition) is 2. The lowest BCUT2D eigenvalue weighted by Crippen LogP contribution is -2.55. The Morgan fingerprint density at radius 3 is 2.62 bits per heavy atom. The number of nitrogens with zero attached hydrogens (tertiary/aromatic N) is 1. The number of para-hydroxylation sites is 1. The van der Waals surface area contributed by atoms with Crippen LogP contribution in [0.15, 0.2) is 30.3 Å². The number of carboxylic acids is 1. The SMILES string of the molecule is CC1(C(=O)O)CCCCN1c1ccccc1. The Labute approximate surface area is 95.7 Å². The number of anilines is 1. The predicted octanol–water partition coefficient (Wildman–Crippen LogP) is 2.52. The average Bonchev–Trinajstić information content (AvgIpc) is 2.30. The highest BCUT2D eigenvalue weighted by molar-refractivity contribution is 5.83. The molecule has 1 aliphatic rings. The van der Waals surface area contributed by atoms with Crippen molar-refractivity contribution < 1.29 is 9.90 Å². The molecule has 16 heavy (non-hydrogen) atoms. The molecule has 1 aromatic carbocycles. The highest BCUT2D eigenvalue weighted by atomic mass is 16.4. The van der Waals surface area contributed by atoms with Crippen LogP contribution in [0.2, 0.25) is 0 Å². The Morgan fingerprint density at radius 2 is 2.00 bits per heavy atom. The molecular weight excluding hydrogens is 202 g/mol. The third-order valence-electron chi connectivity index (χ3n) is 3.42. The summed E-state index contributed by atoms with van der Waals surface area (Å²) in [6.45, 7) is 2.65. The second-order valence-corrected chi connectivity index (χ2v) is 4.52. The standard InChI is InChI=1S/C13H17NO2/c1-13(12(15)16)9-5-6-10-14(13)11-7-3-2-4-8-11/h2-4,7-8H,5-6,9-10H2,1H3,(H,15,16). The van der Waals surface area contributed by atoms with Gasteiger partial charge in [0.25, 0.3) is 0 Å². The monoisotopic (exact) mass is 219 g/mol. The summed E-state index contributed by atoms with van der Waals surface area (Å²) in [5.41, 5.74) is 0.256. The highest BCUT2D eigenvalue weighted by Crippen LogP contribution is 2.32. The molecule has 0 aliphatic carbocycles. The van der Waals surface area contributed by atoms with Gasteiger partial charge in [0.15, 0.2) is 0 Å². The smallest absolute Gasteiger partial charge is 0.329 e. The van der Waals surface area contributed by atoms with Gasteiger partial charge < -0.3 is 10.0 Å². The van der Waals surface area contributed by atoms with E-state index in [1.807, 2.05) is 42.2 Å². The van der Waals surface area contributed by atoms with Crippen molar-refractivity contribution in [3.05, 3.63) is 30.3 Å². The topological polar surface area (TPSA) is 40.5 Å². The van der Waals surface area contributed by atoms with Crippen molar-refractivity contribution in [2.45, 2.75) is 31.7 Å². The van der Waals surface area contributed by atoms with E-state index in [0.29, 0.717) is 0 Å². The quantitative estimate of drug-likeness (QED) is 0.830. The molecule has 0 amide bonds. The highest BCUT2D eigenvalue weighted by Gasteiger charge is 2.41. The van der Waals surface area contributed by atoms with Gasteiger partial charge in [-0.15, -0.1) is 0 Å². The second-order valence-electron chi connectivity index (χ2n) is 4.52. The van der Waals surface area contributed by atoms with Crippen LogP contribution in [0.1, 0.15) is 26.2 Å². The van der Waals surface area contributed by atoms with Crippen LogP contribution in [-0.4, -0.2) is 23.2 Å². The number of piperidine rings is 1. The van der Waals surface area contributed by atoms with Gasteiger partial charge >= 0.3 is 5.97 Å². The Morgan fingerprint density at radius 1 is 1.31 bits per heavy atom. The van der Waals surface area contributed by atoms with Crippen LogP contribution in [0.3, 0.4) is 0 Å². The van der Waals surface area contributed by atoms with E-state index in [0.717, 1.165) is 31.5 Å². The Balaban J connectivity index is 2.34. The zero-order chi connectivity index (χ0) is 11.6. The van der Waals surface area contributed by atoms with E-state index in [-0.39, 0.29) is 0 Å². The lowest BCUT2D eigenvalue weighted by Gasteiger charge is -2.43. The van der Waals surface area contributed by atoms with Gasteiger partial charge in [-0.3, -0.25) is 0 Å². The first-order valence-electron chi connectivity index (χ1n) is 5.71. The Bertz CT molecular complexity index is 377. The second kappa shape index (κ2) is 4.16. The normalized spacial score (nSPS) is 25.4. The molecular formula is C13H17NO2. The van der Waals surface area contributed by atoms with E-state index in [4.69, 9.17) is 0 Å². The third kappa shape index (κ3) is 1.77. The van der Waals surface area contributed by atoms with E-state index in [9.17, 15) is 9.90 Å². The van der Waals surface area contributed by atoms with Gasteiger partial charge in [0, 0.05) is 12.2 Å². The van der Waals surface area contributed by atoms with E-state index in [2.05, 4.69) is 0 Å². The molecule has 1 N–H and O–H groups in total.